The van der Waals surface area contributed by atoms with Gasteiger partial charge in [-0.1, -0.05) is 43.1 Å². The molecule has 27 heavy (non-hydrogen) atoms. The number of hydrogen-bond acceptors (Lipinski definition) is 3. The summed E-state index contributed by atoms with van der Waals surface area (Å²) in [6.07, 6.45) is 3.09. The first-order chi connectivity index (χ1) is 12.7. The molecule has 2 aromatic rings. The number of hydrogen-bond donors (Lipinski definition) is 1. The van der Waals surface area contributed by atoms with E-state index in [1.54, 1.807) is 48.5 Å². The van der Waals surface area contributed by atoms with Crippen molar-refractivity contribution in [3.63, 3.8) is 0 Å². The van der Waals surface area contributed by atoms with Gasteiger partial charge in [0.05, 0.1) is 18.5 Å². The summed E-state index contributed by atoms with van der Waals surface area (Å²) < 4.78 is 25.7. The number of nitrogens with zero attached hydrogens (tertiary/aromatic N) is 1. The largest absolute Gasteiger partial charge is 0.350 e. The van der Waals surface area contributed by atoms with Gasteiger partial charge in [0.1, 0.15) is 0 Å². The van der Waals surface area contributed by atoms with Gasteiger partial charge in [0.2, 0.25) is 10.0 Å². The van der Waals surface area contributed by atoms with Crippen LogP contribution in [0.2, 0.25) is 5.02 Å². The van der Waals surface area contributed by atoms with Crippen LogP contribution in [0.1, 0.15) is 42.6 Å². The van der Waals surface area contributed by atoms with Crippen molar-refractivity contribution in [2.75, 3.05) is 10.6 Å². The maximum atomic E-state index is 12.2. The van der Waals surface area contributed by atoms with Crippen LogP contribution in [0.25, 0.3) is 0 Å². The van der Waals surface area contributed by atoms with E-state index >= 15 is 0 Å². The van der Waals surface area contributed by atoms with Crippen LogP contribution in [-0.2, 0) is 16.6 Å². The standard InChI is InChI=1S/C20H25ClN2O3S/c1-4-6-15(2)22-20(24)17-11-9-16(10-12-17)14-23(27(3,25)26)19-8-5-7-18(21)13-19/h5,7-13,15H,4,6,14H2,1-3H3,(H,22,24)/t15-/m0/s1. The molecule has 0 saturated carbocycles. The van der Waals surface area contributed by atoms with Gasteiger partial charge in [-0.15, -0.1) is 0 Å². The van der Waals surface area contributed by atoms with Crippen LogP contribution in [0, 0.1) is 0 Å². The van der Waals surface area contributed by atoms with Crippen molar-refractivity contribution in [2.45, 2.75) is 39.3 Å². The van der Waals surface area contributed by atoms with Crippen LogP contribution in [0.15, 0.2) is 48.5 Å². The lowest BCUT2D eigenvalue weighted by Crippen LogP contribution is -2.32. The van der Waals surface area contributed by atoms with Crippen LogP contribution < -0.4 is 9.62 Å². The van der Waals surface area contributed by atoms with E-state index in [4.69, 9.17) is 11.6 Å². The summed E-state index contributed by atoms with van der Waals surface area (Å²) in [6, 6.07) is 13.8. The molecular weight excluding hydrogens is 384 g/mol. The Bertz CT molecular complexity index is 882. The number of rotatable bonds is 8. The molecule has 7 heteroatoms. The molecule has 2 aromatic carbocycles. The molecule has 0 unspecified atom stereocenters. The number of benzene rings is 2. The Kier molecular flexibility index (Phi) is 7.27. The lowest BCUT2D eigenvalue weighted by molar-refractivity contribution is 0.0938. The predicted octanol–water partition coefficient (Wildman–Crippen LogP) is 4.22. The molecule has 0 fully saturated rings. The summed E-state index contributed by atoms with van der Waals surface area (Å²) >= 11 is 6.00. The Labute approximate surface area is 166 Å². The average molecular weight is 409 g/mol. The van der Waals surface area contributed by atoms with Gasteiger partial charge >= 0.3 is 0 Å². The molecule has 0 bridgehead atoms. The first-order valence-electron chi connectivity index (χ1n) is 8.83. The number of amides is 1. The van der Waals surface area contributed by atoms with Gasteiger partial charge in [-0.05, 0) is 49.2 Å². The quantitative estimate of drug-likeness (QED) is 0.710. The van der Waals surface area contributed by atoms with Gasteiger partial charge in [0.15, 0.2) is 0 Å². The summed E-state index contributed by atoms with van der Waals surface area (Å²) in [7, 11) is -3.49. The number of sulfonamides is 1. The summed E-state index contributed by atoms with van der Waals surface area (Å²) in [4.78, 5) is 12.2. The Morgan fingerprint density at radius 2 is 1.85 bits per heavy atom. The minimum Gasteiger partial charge on any atom is -0.350 e. The highest BCUT2D eigenvalue weighted by atomic mass is 35.5. The third-order valence-electron chi connectivity index (χ3n) is 4.14. The third-order valence-corrected chi connectivity index (χ3v) is 5.51. The molecule has 5 nitrogen and oxygen atoms in total. The minimum atomic E-state index is -3.49. The van der Waals surface area contributed by atoms with E-state index in [1.807, 2.05) is 6.92 Å². The Hall–Kier alpha value is -2.05. The highest BCUT2D eigenvalue weighted by molar-refractivity contribution is 7.92. The van der Waals surface area contributed by atoms with Gasteiger partial charge in [0, 0.05) is 16.6 Å². The minimum absolute atomic E-state index is 0.116. The maximum absolute atomic E-state index is 12.2. The summed E-state index contributed by atoms with van der Waals surface area (Å²) in [5.41, 5.74) is 1.83. The van der Waals surface area contributed by atoms with E-state index in [-0.39, 0.29) is 18.5 Å². The zero-order valence-electron chi connectivity index (χ0n) is 15.8. The van der Waals surface area contributed by atoms with Crippen molar-refractivity contribution in [2.24, 2.45) is 0 Å². The molecule has 0 aromatic heterocycles. The van der Waals surface area contributed by atoms with Crippen molar-refractivity contribution in [3.8, 4) is 0 Å². The molecule has 0 aliphatic heterocycles. The third kappa shape index (κ3) is 6.26. The van der Waals surface area contributed by atoms with Crippen molar-refractivity contribution < 1.29 is 13.2 Å². The van der Waals surface area contributed by atoms with E-state index in [1.165, 1.54) is 4.31 Å². The van der Waals surface area contributed by atoms with Gasteiger partial charge < -0.3 is 5.32 Å². The van der Waals surface area contributed by atoms with Gasteiger partial charge in [-0.3, -0.25) is 9.10 Å². The molecule has 1 N–H and O–H groups in total. The van der Waals surface area contributed by atoms with Crippen LogP contribution in [0.5, 0.6) is 0 Å². The fourth-order valence-corrected chi connectivity index (χ4v) is 3.84. The summed E-state index contributed by atoms with van der Waals surface area (Å²) in [5, 5.41) is 3.42. The number of carbonyl (C=O) groups is 1. The van der Waals surface area contributed by atoms with Gasteiger partial charge in [-0.25, -0.2) is 8.42 Å². The second kappa shape index (κ2) is 9.24. The smallest absolute Gasteiger partial charge is 0.251 e. The Morgan fingerprint density at radius 3 is 2.41 bits per heavy atom. The van der Waals surface area contributed by atoms with Crippen molar-refractivity contribution >= 4 is 33.2 Å². The van der Waals surface area contributed by atoms with E-state index in [2.05, 4.69) is 12.2 Å². The van der Waals surface area contributed by atoms with E-state index in [9.17, 15) is 13.2 Å². The first-order valence-corrected chi connectivity index (χ1v) is 11.1. The fraction of sp³-hybridized carbons (Fsp3) is 0.350. The summed E-state index contributed by atoms with van der Waals surface area (Å²) in [6.45, 7) is 4.21. The molecule has 0 heterocycles. The van der Waals surface area contributed by atoms with E-state index in [0.29, 0.717) is 16.3 Å². The molecule has 0 aliphatic carbocycles. The SMILES string of the molecule is CCC[C@H](C)NC(=O)c1ccc(CN(c2cccc(Cl)c2)S(C)(=O)=O)cc1. The predicted molar refractivity (Wildman–Crippen MR) is 111 cm³/mol. The van der Waals surface area contributed by atoms with E-state index in [0.717, 1.165) is 24.7 Å². The number of halogens is 1. The second-order valence-corrected chi connectivity index (χ2v) is 8.95. The molecule has 1 atom stereocenters. The van der Waals surface area contributed by atoms with Crippen LogP contribution in [-0.4, -0.2) is 26.6 Å². The summed E-state index contributed by atoms with van der Waals surface area (Å²) in [5.74, 6) is -0.127. The molecular formula is C20H25ClN2O3S. The number of anilines is 1. The van der Waals surface area contributed by atoms with Crippen LogP contribution >= 0.6 is 11.6 Å². The Morgan fingerprint density at radius 1 is 1.19 bits per heavy atom. The normalized spacial score (nSPS) is 12.4. The van der Waals surface area contributed by atoms with Crippen molar-refractivity contribution in [1.29, 1.82) is 0 Å². The topological polar surface area (TPSA) is 66.5 Å². The Balaban J connectivity index is 2.16. The first kappa shape index (κ1) is 21.3. The molecule has 0 aliphatic rings. The molecule has 1 amide bonds. The van der Waals surface area contributed by atoms with E-state index < -0.39 is 10.0 Å². The zero-order valence-corrected chi connectivity index (χ0v) is 17.3. The van der Waals surface area contributed by atoms with Crippen LogP contribution in [0.4, 0.5) is 5.69 Å². The molecule has 0 saturated heterocycles. The average Bonchev–Trinajstić information content (AvgIpc) is 2.59. The number of carbonyl (C=O) groups excluding carboxylic acids is 1. The molecule has 146 valence electrons. The van der Waals surface area contributed by atoms with Gasteiger partial charge in [0.25, 0.3) is 5.91 Å². The van der Waals surface area contributed by atoms with Crippen molar-refractivity contribution in [1.82, 2.24) is 5.32 Å². The van der Waals surface area contributed by atoms with Gasteiger partial charge in [-0.2, -0.15) is 0 Å². The molecule has 2 rings (SSSR count). The molecule has 0 spiro atoms. The monoisotopic (exact) mass is 408 g/mol. The van der Waals surface area contributed by atoms with Crippen LogP contribution in [0.3, 0.4) is 0 Å². The fourth-order valence-electron chi connectivity index (χ4n) is 2.77. The molecule has 0 radical (unpaired) electrons. The lowest BCUT2D eigenvalue weighted by atomic mass is 10.1. The maximum Gasteiger partial charge on any atom is 0.251 e. The number of nitrogens with one attached hydrogen (secondary N) is 1. The van der Waals surface area contributed by atoms with Crippen molar-refractivity contribution in [3.05, 3.63) is 64.7 Å². The highest BCUT2D eigenvalue weighted by Crippen LogP contribution is 2.24. The lowest BCUT2D eigenvalue weighted by Gasteiger charge is -2.23. The zero-order chi connectivity index (χ0) is 20.0. The highest BCUT2D eigenvalue weighted by Gasteiger charge is 2.18. The second-order valence-electron chi connectivity index (χ2n) is 6.61.